The first kappa shape index (κ1) is 15.7. The van der Waals surface area contributed by atoms with Crippen molar-refractivity contribution in [2.45, 2.75) is 12.8 Å². The highest BCUT2D eigenvalue weighted by atomic mass is 35.5. The van der Waals surface area contributed by atoms with Gasteiger partial charge in [0.05, 0.1) is 13.2 Å². The van der Waals surface area contributed by atoms with Crippen LogP contribution in [0.3, 0.4) is 0 Å². The van der Waals surface area contributed by atoms with Crippen molar-refractivity contribution in [1.82, 2.24) is 5.32 Å². The van der Waals surface area contributed by atoms with Crippen molar-refractivity contribution in [1.29, 1.82) is 0 Å². The quantitative estimate of drug-likeness (QED) is 0.933. The van der Waals surface area contributed by atoms with E-state index in [-0.39, 0.29) is 5.91 Å². The number of rotatable bonds is 4. The molecule has 0 atom stereocenters. The second kappa shape index (κ2) is 7.38. The summed E-state index contributed by atoms with van der Waals surface area (Å²) < 4.78 is 11.3. The molecule has 0 radical (unpaired) electrons. The van der Waals surface area contributed by atoms with Gasteiger partial charge in [-0.1, -0.05) is 23.7 Å². The van der Waals surface area contributed by atoms with Gasteiger partial charge in [-0.25, -0.2) is 0 Å². The van der Waals surface area contributed by atoms with E-state index in [0.717, 1.165) is 29.9 Å². The van der Waals surface area contributed by atoms with Crippen molar-refractivity contribution in [3.05, 3.63) is 58.6 Å². The Morgan fingerprint density at radius 3 is 2.74 bits per heavy atom. The summed E-state index contributed by atoms with van der Waals surface area (Å²) >= 11 is 5.89. The summed E-state index contributed by atoms with van der Waals surface area (Å²) in [5.74, 6) is 1.44. The molecule has 0 aromatic heterocycles. The Kier molecular flexibility index (Phi) is 5.03. The van der Waals surface area contributed by atoms with Crippen LogP contribution < -0.4 is 14.8 Å². The lowest BCUT2D eigenvalue weighted by molar-refractivity contribution is 0.0954. The predicted octanol–water partition coefficient (Wildman–Crippen LogP) is 3.47. The third-order valence-corrected chi connectivity index (χ3v) is 3.83. The minimum atomic E-state index is -0.123. The van der Waals surface area contributed by atoms with Gasteiger partial charge in [0.25, 0.3) is 5.91 Å². The van der Waals surface area contributed by atoms with Gasteiger partial charge in [-0.2, -0.15) is 0 Å². The first-order chi connectivity index (χ1) is 11.2. The number of hydrogen-bond donors (Lipinski definition) is 1. The molecule has 1 amide bonds. The smallest absolute Gasteiger partial charge is 0.251 e. The molecule has 0 fully saturated rings. The van der Waals surface area contributed by atoms with Gasteiger partial charge in [0.2, 0.25) is 0 Å². The maximum absolute atomic E-state index is 12.1. The molecule has 1 aliphatic rings. The SMILES string of the molecule is O=C(NCCc1ccc2c(c1)OCCCO2)c1cccc(Cl)c1. The second-order valence-electron chi connectivity index (χ2n) is 5.35. The van der Waals surface area contributed by atoms with Crippen LogP contribution in [0.2, 0.25) is 5.02 Å². The normalized spacial score (nSPS) is 13.3. The third kappa shape index (κ3) is 4.17. The number of benzene rings is 2. The van der Waals surface area contributed by atoms with Crippen molar-refractivity contribution >= 4 is 17.5 Å². The number of fused-ring (bicyclic) bond motifs is 1. The van der Waals surface area contributed by atoms with E-state index in [1.807, 2.05) is 18.2 Å². The zero-order valence-electron chi connectivity index (χ0n) is 12.7. The van der Waals surface area contributed by atoms with Crippen LogP contribution in [0.5, 0.6) is 11.5 Å². The van der Waals surface area contributed by atoms with Crippen LogP contribution in [-0.4, -0.2) is 25.7 Å². The molecule has 23 heavy (non-hydrogen) atoms. The van der Waals surface area contributed by atoms with E-state index in [9.17, 15) is 4.79 Å². The van der Waals surface area contributed by atoms with E-state index in [2.05, 4.69) is 5.32 Å². The van der Waals surface area contributed by atoms with E-state index in [0.29, 0.717) is 30.3 Å². The molecular weight excluding hydrogens is 314 g/mol. The Labute approximate surface area is 140 Å². The van der Waals surface area contributed by atoms with Crippen LogP contribution in [-0.2, 0) is 6.42 Å². The van der Waals surface area contributed by atoms with E-state index in [1.54, 1.807) is 24.3 Å². The molecule has 0 unspecified atom stereocenters. The van der Waals surface area contributed by atoms with Crippen molar-refractivity contribution in [2.75, 3.05) is 19.8 Å². The van der Waals surface area contributed by atoms with Crippen LogP contribution in [0, 0.1) is 0 Å². The number of amides is 1. The predicted molar refractivity (Wildman–Crippen MR) is 89.5 cm³/mol. The fraction of sp³-hybridized carbons (Fsp3) is 0.278. The minimum Gasteiger partial charge on any atom is -0.490 e. The van der Waals surface area contributed by atoms with Gasteiger partial charge in [0, 0.05) is 23.6 Å². The van der Waals surface area contributed by atoms with Gasteiger partial charge >= 0.3 is 0 Å². The monoisotopic (exact) mass is 331 g/mol. The average molecular weight is 332 g/mol. The topological polar surface area (TPSA) is 47.6 Å². The molecule has 2 aromatic carbocycles. The van der Waals surface area contributed by atoms with E-state index in [1.165, 1.54) is 0 Å². The Morgan fingerprint density at radius 2 is 1.91 bits per heavy atom. The molecule has 0 saturated carbocycles. The Morgan fingerprint density at radius 1 is 1.09 bits per heavy atom. The standard InChI is InChI=1S/C18H18ClNO3/c19-15-4-1-3-14(12-15)18(21)20-8-7-13-5-6-16-17(11-13)23-10-2-9-22-16/h1,3-6,11-12H,2,7-10H2,(H,20,21). The minimum absolute atomic E-state index is 0.123. The maximum atomic E-state index is 12.1. The van der Waals surface area contributed by atoms with Crippen molar-refractivity contribution in [3.8, 4) is 11.5 Å². The second-order valence-corrected chi connectivity index (χ2v) is 5.78. The summed E-state index contributed by atoms with van der Waals surface area (Å²) in [6.07, 6.45) is 1.61. The summed E-state index contributed by atoms with van der Waals surface area (Å²) in [7, 11) is 0. The Balaban J connectivity index is 1.56. The highest BCUT2D eigenvalue weighted by molar-refractivity contribution is 6.30. The molecule has 1 aliphatic heterocycles. The molecule has 120 valence electrons. The van der Waals surface area contributed by atoms with Gasteiger partial charge in [0.1, 0.15) is 0 Å². The van der Waals surface area contributed by atoms with Gasteiger partial charge in [0.15, 0.2) is 11.5 Å². The van der Waals surface area contributed by atoms with Gasteiger partial charge in [-0.15, -0.1) is 0 Å². The molecule has 4 nitrogen and oxygen atoms in total. The molecular formula is C18H18ClNO3. The van der Waals surface area contributed by atoms with Crippen LogP contribution in [0.4, 0.5) is 0 Å². The first-order valence-electron chi connectivity index (χ1n) is 7.65. The van der Waals surface area contributed by atoms with Crippen molar-refractivity contribution in [2.24, 2.45) is 0 Å². The molecule has 0 bridgehead atoms. The first-order valence-corrected chi connectivity index (χ1v) is 8.02. The Hall–Kier alpha value is -2.20. The van der Waals surface area contributed by atoms with Crippen molar-refractivity contribution in [3.63, 3.8) is 0 Å². The van der Waals surface area contributed by atoms with Gasteiger partial charge < -0.3 is 14.8 Å². The number of nitrogens with one attached hydrogen (secondary N) is 1. The summed E-state index contributed by atoms with van der Waals surface area (Å²) in [6.45, 7) is 1.90. The molecule has 1 heterocycles. The van der Waals surface area contributed by atoms with Crippen molar-refractivity contribution < 1.29 is 14.3 Å². The van der Waals surface area contributed by atoms with E-state index >= 15 is 0 Å². The number of carbonyl (C=O) groups is 1. The highest BCUT2D eigenvalue weighted by Crippen LogP contribution is 2.30. The summed E-state index contributed by atoms with van der Waals surface area (Å²) in [6, 6.07) is 12.8. The van der Waals surface area contributed by atoms with Crippen LogP contribution >= 0.6 is 11.6 Å². The summed E-state index contributed by atoms with van der Waals surface area (Å²) in [5.41, 5.74) is 1.66. The summed E-state index contributed by atoms with van der Waals surface area (Å²) in [5, 5.41) is 3.45. The molecule has 0 spiro atoms. The fourth-order valence-corrected chi connectivity index (χ4v) is 2.61. The zero-order chi connectivity index (χ0) is 16.1. The lowest BCUT2D eigenvalue weighted by Gasteiger charge is -2.10. The van der Waals surface area contributed by atoms with Crippen LogP contribution in [0.25, 0.3) is 0 Å². The van der Waals surface area contributed by atoms with Gasteiger partial charge in [-0.05, 0) is 42.3 Å². The van der Waals surface area contributed by atoms with Crippen LogP contribution in [0.1, 0.15) is 22.3 Å². The number of hydrogen-bond acceptors (Lipinski definition) is 3. The molecule has 0 aliphatic carbocycles. The lowest BCUT2D eigenvalue weighted by Crippen LogP contribution is -2.25. The van der Waals surface area contributed by atoms with Gasteiger partial charge in [-0.3, -0.25) is 4.79 Å². The molecule has 5 heteroatoms. The third-order valence-electron chi connectivity index (χ3n) is 3.60. The lowest BCUT2D eigenvalue weighted by atomic mass is 10.1. The van der Waals surface area contributed by atoms with Crippen LogP contribution in [0.15, 0.2) is 42.5 Å². The van der Waals surface area contributed by atoms with E-state index in [4.69, 9.17) is 21.1 Å². The fourth-order valence-electron chi connectivity index (χ4n) is 2.42. The number of halogens is 1. The summed E-state index contributed by atoms with van der Waals surface area (Å²) in [4.78, 5) is 12.1. The maximum Gasteiger partial charge on any atom is 0.251 e. The van der Waals surface area contributed by atoms with E-state index < -0.39 is 0 Å². The average Bonchev–Trinajstić information content (AvgIpc) is 2.79. The highest BCUT2D eigenvalue weighted by Gasteiger charge is 2.11. The molecule has 1 N–H and O–H groups in total. The number of ether oxygens (including phenoxy) is 2. The Bertz CT molecular complexity index is 702. The largest absolute Gasteiger partial charge is 0.490 e. The molecule has 3 rings (SSSR count). The zero-order valence-corrected chi connectivity index (χ0v) is 13.4. The molecule has 0 saturated heterocycles. The number of carbonyl (C=O) groups excluding carboxylic acids is 1. The molecule has 2 aromatic rings.